The Hall–Kier alpha value is -3.79. The molecule has 0 aliphatic rings. The van der Waals surface area contributed by atoms with Crippen LogP contribution in [0.25, 0.3) is 17.1 Å². The van der Waals surface area contributed by atoms with Crippen LogP contribution in [0.4, 0.5) is 5.69 Å². The van der Waals surface area contributed by atoms with E-state index in [-0.39, 0.29) is 22.9 Å². The lowest BCUT2D eigenvalue weighted by Gasteiger charge is -2.07. The van der Waals surface area contributed by atoms with Crippen LogP contribution in [0.2, 0.25) is 0 Å². The van der Waals surface area contributed by atoms with E-state index < -0.39 is 0 Å². The van der Waals surface area contributed by atoms with Gasteiger partial charge in [-0.25, -0.2) is 9.36 Å². The van der Waals surface area contributed by atoms with E-state index >= 15 is 0 Å². The van der Waals surface area contributed by atoms with Gasteiger partial charge in [0.25, 0.3) is 5.56 Å². The summed E-state index contributed by atoms with van der Waals surface area (Å²) in [5, 5.41) is 11.4. The lowest BCUT2D eigenvalue weighted by Crippen LogP contribution is -2.23. The van der Waals surface area contributed by atoms with E-state index in [4.69, 9.17) is 5.84 Å². The maximum atomic E-state index is 12.9. The first-order valence-corrected chi connectivity index (χ1v) is 10.9. The number of aromatic nitrogens is 5. The molecule has 0 saturated heterocycles. The van der Waals surface area contributed by atoms with Gasteiger partial charge in [0.2, 0.25) is 11.1 Å². The molecule has 164 valence electrons. The molecule has 0 saturated carbocycles. The minimum atomic E-state index is -0.333. The predicted molar refractivity (Wildman–Crippen MR) is 125 cm³/mol. The topological polar surface area (TPSA) is 113 Å². The molecule has 0 atom stereocenters. The first-order chi connectivity index (χ1) is 15.4. The van der Waals surface area contributed by atoms with E-state index in [1.54, 1.807) is 18.7 Å². The molecule has 0 aliphatic heterocycles. The van der Waals surface area contributed by atoms with Gasteiger partial charge in [0.15, 0.2) is 5.82 Å². The van der Waals surface area contributed by atoms with Crippen molar-refractivity contribution in [1.29, 1.82) is 0 Å². The van der Waals surface area contributed by atoms with E-state index in [0.29, 0.717) is 16.7 Å². The average Bonchev–Trinajstić information content (AvgIpc) is 3.25. The van der Waals surface area contributed by atoms with Crippen LogP contribution < -0.4 is 16.7 Å². The lowest BCUT2D eigenvalue weighted by molar-refractivity contribution is -0.113. The van der Waals surface area contributed by atoms with Gasteiger partial charge in [0, 0.05) is 12.6 Å². The second-order valence-corrected chi connectivity index (χ2v) is 8.26. The van der Waals surface area contributed by atoms with Crippen molar-refractivity contribution in [3.8, 4) is 17.1 Å². The van der Waals surface area contributed by atoms with Crippen LogP contribution in [0.1, 0.15) is 11.3 Å². The zero-order chi connectivity index (χ0) is 22.8. The lowest BCUT2D eigenvalue weighted by atomic mass is 10.1. The van der Waals surface area contributed by atoms with Crippen molar-refractivity contribution < 1.29 is 4.79 Å². The zero-order valence-corrected chi connectivity index (χ0v) is 18.8. The van der Waals surface area contributed by atoms with E-state index in [1.165, 1.54) is 9.36 Å². The van der Waals surface area contributed by atoms with Gasteiger partial charge in [-0.3, -0.25) is 14.3 Å². The molecular weight excluding hydrogens is 426 g/mol. The summed E-state index contributed by atoms with van der Waals surface area (Å²) in [5.41, 5.74) is 3.29. The average molecular weight is 450 g/mol. The van der Waals surface area contributed by atoms with Gasteiger partial charge in [-0.2, -0.15) is 0 Å². The molecule has 0 aliphatic carbocycles. The maximum absolute atomic E-state index is 12.9. The number of nitrogen functional groups attached to an aromatic ring is 1. The molecule has 2 aromatic heterocycles. The highest BCUT2D eigenvalue weighted by Crippen LogP contribution is 2.22. The highest BCUT2D eigenvalue weighted by atomic mass is 32.2. The van der Waals surface area contributed by atoms with E-state index in [9.17, 15) is 9.59 Å². The standard InChI is InChI=1S/C22H23N7O2S/c1-14-9-11-16(12-10-14)20-25-26-22(28(20)23)32-13-18(30)24-19-15(2)27(3)29(21(19)31)17-7-5-4-6-8-17/h4-12H,13,23H2,1-3H3,(H,24,30). The van der Waals surface area contributed by atoms with Crippen molar-refractivity contribution in [2.45, 2.75) is 19.0 Å². The van der Waals surface area contributed by atoms with Gasteiger partial charge >= 0.3 is 0 Å². The third kappa shape index (κ3) is 4.04. The van der Waals surface area contributed by atoms with Gasteiger partial charge in [0.1, 0.15) is 5.69 Å². The maximum Gasteiger partial charge on any atom is 0.295 e. The SMILES string of the molecule is Cc1ccc(-c2nnc(SCC(=O)Nc3c(C)n(C)n(-c4ccccc4)c3=O)n2N)cc1. The largest absolute Gasteiger partial charge is 0.335 e. The number of carbonyl (C=O) groups is 1. The molecule has 1 amide bonds. The van der Waals surface area contributed by atoms with Crippen LogP contribution in [0.5, 0.6) is 0 Å². The Kier molecular flexibility index (Phi) is 5.87. The number of para-hydroxylation sites is 1. The number of nitrogens with zero attached hydrogens (tertiary/aromatic N) is 5. The second-order valence-electron chi connectivity index (χ2n) is 7.32. The molecule has 2 heterocycles. The Morgan fingerprint density at radius 2 is 1.75 bits per heavy atom. The second kappa shape index (κ2) is 8.75. The number of benzene rings is 2. The number of thioether (sulfide) groups is 1. The van der Waals surface area contributed by atoms with Gasteiger partial charge in [0.05, 0.1) is 17.1 Å². The van der Waals surface area contributed by atoms with Crippen LogP contribution in [-0.4, -0.2) is 35.9 Å². The first-order valence-electron chi connectivity index (χ1n) is 9.91. The molecule has 0 radical (unpaired) electrons. The summed E-state index contributed by atoms with van der Waals surface area (Å²) >= 11 is 1.15. The van der Waals surface area contributed by atoms with Gasteiger partial charge < -0.3 is 11.2 Å². The number of rotatable bonds is 6. The van der Waals surface area contributed by atoms with Crippen LogP contribution in [0, 0.1) is 13.8 Å². The molecule has 2 aromatic carbocycles. The summed E-state index contributed by atoms with van der Waals surface area (Å²) < 4.78 is 4.59. The normalized spacial score (nSPS) is 11.0. The molecule has 32 heavy (non-hydrogen) atoms. The number of hydrogen-bond donors (Lipinski definition) is 2. The molecule has 0 fully saturated rings. The minimum absolute atomic E-state index is 0.0301. The minimum Gasteiger partial charge on any atom is -0.335 e. The smallest absolute Gasteiger partial charge is 0.295 e. The van der Waals surface area contributed by atoms with Gasteiger partial charge in [-0.05, 0) is 26.0 Å². The highest BCUT2D eigenvalue weighted by molar-refractivity contribution is 7.99. The third-order valence-electron chi connectivity index (χ3n) is 5.13. The van der Waals surface area contributed by atoms with Crippen molar-refractivity contribution in [1.82, 2.24) is 24.2 Å². The Bertz CT molecular complexity index is 1320. The Morgan fingerprint density at radius 3 is 2.44 bits per heavy atom. The van der Waals surface area contributed by atoms with Crippen molar-refractivity contribution in [2.24, 2.45) is 7.05 Å². The fraction of sp³-hybridized carbons (Fsp3) is 0.182. The summed E-state index contributed by atoms with van der Waals surface area (Å²) in [5.74, 6) is 6.34. The number of anilines is 1. The zero-order valence-electron chi connectivity index (χ0n) is 17.9. The van der Waals surface area contributed by atoms with Crippen LogP contribution in [0.3, 0.4) is 0 Å². The number of amides is 1. The molecule has 9 nitrogen and oxygen atoms in total. The van der Waals surface area contributed by atoms with Gasteiger partial charge in [-0.1, -0.05) is 59.8 Å². The molecule has 0 bridgehead atoms. The Balaban J connectivity index is 1.48. The number of nitrogens with two attached hydrogens (primary N) is 1. The first kappa shape index (κ1) is 21.4. The monoisotopic (exact) mass is 449 g/mol. The van der Waals surface area contributed by atoms with Crippen LogP contribution in [-0.2, 0) is 11.8 Å². The number of carbonyl (C=O) groups excluding carboxylic acids is 1. The summed E-state index contributed by atoms with van der Waals surface area (Å²) in [7, 11) is 1.78. The summed E-state index contributed by atoms with van der Waals surface area (Å²) in [6.45, 7) is 3.79. The van der Waals surface area contributed by atoms with Crippen molar-refractivity contribution in [2.75, 3.05) is 16.9 Å². The summed E-state index contributed by atoms with van der Waals surface area (Å²) in [6, 6.07) is 17.0. The van der Waals surface area contributed by atoms with E-state index in [0.717, 1.165) is 28.6 Å². The predicted octanol–water partition coefficient (Wildman–Crippen LogP) is 2.50. The van der Waals surface area contributed by atoms with E-state index in [1.807, 2.05) is 61.5 Å². The molecule has 0 spiro atoms. The third-order valence-corrected chi connectivity index (χ3v) is 6.07. The van der Waals surface area contributed by atoms with E-state index in [2.05, 4.69) is 15.5 Å². The molecular formula is C22H23N7O2S. The van der Waals surface area contributed by atoms with Crippen LogP contribution in [0.15, 0.2) is 64.5 Å². The molecule has 4 rings (SSSR count). The number of aryl methyl sites for hydroxylation is 1. The summed E-state index contributed by atoms with van der Waals surface area (Å²) in [4.78, 5) is 25.5. The molecule has 10 heteroatoms. The quantitative estimate of drug-likeness (QED) is 0.345. The number of hydrogen-bond acceptors (Lipinski definition) is 6. The van der Waals surface area contributed by atoms with Crippen molar-refractivity contribution in [3.05, 3.63) is 76.2 Å². The fourth-order valence-corrected chi connectivity index (χ4v) is 3.95. The number of nitrogens with one attached hydrogen (secondary N) is 1. The Morgan fingerprint density at radius 1 is 1.06 bits per heavy atom. The van der Waals surface area contributed by atoms with Crippen molar-refractivity contribution >= 4 is 23.4 Å². The summed E-state index contributed by atoms with van der Waals surface area (Å²) in [6.07, 6.45) is 0. The van der Waals surface area contributed by atoms with Gasteiger partial charge in [-0.15, -0.1) is 10.2 Å². The molecule has 0 unspecified atom stereocenters. The fourth-order valence-electron chi connectivity index (χ4n) is 3.29. The van der Waals surface area contributed by atoms with Crippen molar-refractivity contribution in [3.63, 3.8) is 0 Å². The highest BCUT2D eigenvalue weighted by Gasteiger charge is 2.19. The molecule has 3 N–H and O–H groups in total. The van der Waals surface area contributed by atoms with Crippen LogP contribution >= 0.6 is 11.8 Å². The molecule has 4 aromatic rings. The Labute approximate surface area is 188 Å².